The molecule has 96 valence electrons. The second kappa shape index (κ2) is 4.81. The second-order valence-corrected chi connectivity index (χ2v) is 4.72. The summed E-state index contributed by atoms with van der Waals surface area (Å²) in [4.78, 5) is 26.3. The predicted molar refractivity (Wildman–Crippen MR) is 61.4 cm³/mol. The van der Waals surface area contributed by atoms with Crippen LogP contribution in [0.25, 0.3) is 0 Å². The van der Waals surface area contributed by atoms with Gasteiger partial charge < -0.3 is 20.3 Å². The zero-order valence-corrected chi connectivity index (χ0v) is 10.1. The third-order valence-corrected chi connectivity index (χ3v) is 3.58. The highest BCUT2D eigenvalue weighted by atomic mass is 16.6. The van der Waals surface area contributed by atoms with Gasteiger partial charge in [-0.05, 0) is 19.3 Å². The number of likely N-dealkylation sites (N-methyl/N-ethyl adjacent to an activating group) is 1. The molecule has 6 heteroatoms. The van der Waals surface area contributed by atoms with Crippen LogP contribution in [-0.4, -0.2) is 54.2 Å². The molecular formula is C11H19N3O3. The van der Waals surface area contributed by atoms with Crippen LogP contribution in [0.15, 0.2) is 0 Å². The first-order valence-electron chi connectivity index (χ1n) is 6.07. The van der Waals surface area contributed by atoms with Gasteiger partial charge in [0.25, 0.3) is 0 Å². The highest BCUT2D eigenvalue weighted by Gasteiger charge is 2.38. The Hall–Kier alpha value is -1.46. The molecule has 0 aromatic rings. The lowest BCUT2D eigenvalue weighted by molar-refractivity contribution is 0.0259. The summed E-state index contributed by atoms with van der Waals surface area (Å²) in [6.45, 7) is 1.44. The van der Waals surface area contributed by atoms with Gasteiger partial charge in [0.2, 0.25) is 0 Å². The number of ether oxygens (including phenoxy) is 1. The van der Waals surface area contributed by atoms with E-state index >= 15 is 0 Å². The van der Waals surface area contributed by atoms with E-state index in [0.717, 1.165) is 32.2 Å². The second-order valence-electron chi connectivity index (χ2n) is 4.72. The van der Waals surface area contributed by atoms with Crippen molar-refractivity contribution >= 4 is 12.1 Å². The van der Waals surface area contributed by atoms with Gasteiger partial charge in [-0.2, -0.15) is 0 Å². The van der Waals surface area contributed by atoms with Gasteiger partial charge >= 0.3 is 12.1 Å². The molecule has 1 heterocycles. The van der Waals surface area contributed by atoms with E-state index in [9.17, 15) is 9.59 Å². The molecule has 1 saturated heterocycles. The van der Waals surface area contributed by atoms with Crippen LogP contribution in [0.4, 0.5) is 9.59 Å². The summed E-state index contributed by atoms with van der Waals surface area (Å²) < 4.78 is 5.13. The van der Waals surface area contributed by atoms with E-state index in [1.54, 1.807) is 11.9 Å². The molecule has 0 spiro atoms. The minimum atomic E-state index is -0.748. The van der Waals surface area contributed by atoms with Crippen LogP contribution in [0, 0.1) is 0 Å². The van der Waals surface area contributed by atoms with Crippen LogP contribution >= 0.6 is 0 Å². The maximum atomic E-state index is 11.9. The van der Waals surface area contributed by atoms with E-state index in [4.69, 9.17) is 10.5 Å². The third-order valence-electron chi connectivity index (χ3n) is 3.58. The molecule has 0 unspecified atom stereocenters. The van der Waals surface area contributed by atoms with Gasteiger partial charge in [0, 0.05) is 20.1 Å². The quantitative estimate of drug-likeness (QED) is 0.775. The van der Waals surface area contributed by atoms with Gasteiger partial charge in [0.05, 0.1) is 6.04 Å². The standard InChI is InChI=1S/C11H19N3O3/c1-13-6-7-14(11(13)16)8-4-2-3-5-9(8)17-10(12)15/h8-9H,2-7H2,1H3,(H2,12,15)/t8-,9-/m1/s1. The first-order chi connectivity index (χ1) is 8.09. The topological polar surface area (TPSA) is 75.9 Å². The SMILES string of the molecule is CN1CCN([C@@H]2CCCC[C@H]2OC(N)=O)C1=O. The molecule has 2 fully saturated rings. The minimum absolute atomic E-state index is 0.00583. The van der Waals surface area contributed by atoms with E-state index in [0.29, 0.717) is 6.54 Å². The van der Waals surface area contributed by atoms with Crippen molar-refractivity contribution in [3.8, 4) is 0 Å². The van der Waals surface area contributed by atoms with Gasteiger partial charge in [-0.1, -0.05) is 6.42 Å². The number of primary amides is 1. The first-order valence-corrected chi connectivity index (χ1v) is 6.07. The molecule has 17 heavy (non-hydrogen) atoms. The number of nitrogens with zero attached hydrogens (tertiary/aromatic N) is 2. The lowest BCUT2D eigenvalue weighted by Crippen LogP contribution is -2.49. The minimum Gasteiger partial charge on any atom is -0.444 e. The molecule has 0 bridgehead atoms. The average molecular weight is 241 g/mol. The van der Waals surface area contributed by atoms with Crippen LogP contribution in [-0.2, 0) is 4.74 Å². The number of urea groups is 1. The maximum absolute atomic E-state index is 11.9. The number of amides is 3. The van der Waals surface area contributed by atoms with E-state index in [1.165, 1.54) is 0 Å². The van der Waals surface area contributed by atoms with Gasteiger partial charge in [-0.15, -0.1) is 0 Å². The van der Waals surface area contributed by atoms with Crippen LogP contribution in [0.5, 0.6) is 0 Å². The number of rotatable bonds is 2. The zero-order valence-electron chi connectivity index (χ0n) is 10.1. The Kier molecular flexibility index (Phi) is 3.40. The zero-order chi connectivity index (χ0) is 12.4. The van der Waals surface area contributed by atoms with Crippen LogP contribution in [0.3, 0.4) is 0 Å². The Bertz CT molecular complexity index is 321. The fourth-order valence-electron chi connectivity index (χ4n) is 2.70. The number of hydrogen-bond acceptors (Lipinski definition) is 3. The molecule has 2 N–H and O–H groups in total. The summed E-state index contributed by atoms with van der Waals surface area (Å²) in [6, 6.07) is 0.0173. The molecule has 2 aliphatic rings. The normalized spacial score (nSPS) is 29.6. The van der Waals surface area contributed by atoms with Crippen molar-refractivity contribution in [2.24, 2.45) is 5.73 Å². The van der Waals surface area contributed by atoms with Gasteiger partial charge in [-0.25, -0.2) is 9.59 Å². The van der Waals surface area contributed by atoms with E-state index in [1.807, 2.05) is 4.90 Å². The fourth-order valence-corrected chi connectivity index (χ4v) is 2.70. The largest absolute Gasteiger partial charge is 0.444 e. The van der Waals surface area contributed by atoms with Gasteiger partial charge in [-0.3, -0.25) is 0 Å². The maximum Gasteiger partial charge on any atom is 0.404 e. The highest BCUT2D eigenvalue weighted by Crippen LogP contribution is 2.27. The molecule has 1 saturated carbocycles. The Balaban J connectivity index is 2.05. The lowest BCUT2D eigenvalue weighted by atomic mass is 9.91. The van der Waals surface area contributed by atoms with E-state index in [-0.39, 0.29) is 18.2 Å². The Morgan fingerprint density at radius 1 is 1.35 bits per heavy atom. The summed E-state index contributed by atoms with van der Waals surface area (Å²) in [5, 5.41) is 0. The third kappa shape index (κ3) is 2.45. The van der Waals surface area contributed by atoms with Crippen molar-refractivity contribution in [3.63, 3.8) is 0 Å². The molecular weight excluding hydrogens is 222 g/mol. The predicted octanol–water partition coefficient (Wildman–Crippen LogP) is 0.760. The molecule has 3 amide bonds. The summed E-state index contributed by atoms with van der Waals surface area (Å²) in [7, 11) is 1.79. The summed E-state index contributed by atoms with van der Waals surface area (Å²) in [5.41, 5.74) is 5.07. The first kappa shape index (κ1) is 12.0. The van der Waals surface area contributed by atoms with E-state index in [2.05, 4.69) is 0 Å². The number of carbonyl (C=O) groups excluding carboxylic acids is 2. The Morgan fingerprint density at radius 3 is 2.65 bits per heavy atom. The van der Waals surface area contributed by atoms with Crippen LogP contribution in [0.2, 0.25) is 0 Å². The van der Waals surface area contributed by atoms with Crippen molar-refractivity contribution in [2.45, 2.75) is 37.8 Å². The van der Waals surface area contributed by atoms with Crippen molar-refractivity contribution < 1.29 is 14.3 Å². The summed E-state index contributed by atoms with van der Waals surface area (Å²) >= 11 is 0. The number of carbonyl (C=O) groups is 2. The van der Waals surface area contributed by atoms with Crippen LogP contribution in [0.1, 0.15) is 25.7 Å². The number of nitrogens with two attached hydrogens (primary N) is 1. The van der Waals surface area contributed by atoms with Gasteiger partial charge in [0.1, 0.15) is 6.10 Å². The fraction of sp³-hybridized carbons (Fsp3) is 0.818. The van der Waals surface area contributed by atoms with Gasteiger partial charge in [0.15, 0.2) is 0 Å². The molecule has 6 nitrogen and oxygen atoms in total. The van der Waals surface area contributed by atoms with Crippen molar-refractivity contribution in [1.29, 1.82) is 0 Å². The molecule has 1 aliphatic heterocycles. The van der Waals surface area contributed by atoms with Crippen LogP contribution < -0.4 is 5.73 Å². The highest BCUT2D eigenvalue weighted by molar-refractivity contribution is 5.76. The molecule has 2 atom stereocenters. The molecule has 0 aromatic carbocycles. The smallest absolute Gasteiger partial charge is 0.404 e. The Morgan fingerprint density at radius 2 is 2.06 bits per heavy atom. The Labute approximate surface area is 101 Å². The molecule has 0 radical (unpaired) electrons. The van der Waals surface area contributed by atoms with Crippen molar-refractivity contribution in [1.82, 2.24) is 9.80 Å². The average Bonchev–Trinajstić information content (AvgIpc) is 2.60. The summed E-state index contributed by atoms with van der Waals surface area (Å²) in [5.74, 6) is 0. The monoisotopic (exact) mass is 241 g/mol. The molecule has 0 aromatic heterocycles. The van der Waals surface area contributed by atoms with Crippen molar-refractivity contribution in [2.75, 3.05) is 20.1 Å². The summed E-state index contributed by atoms with van der Waals surface area (Å²) in [6.07, 6.45) is 2.78. The molecule has 2 rings (SSSR count). The number of hydrogen-bond donors (Lipinski definition) is 1. The van der Waals surface area contributed by atoms with Crippen molar-refractivity contribution in [3.05, 3.63) is 0 Å². The lowest BCUT2D eigenvalue weighted by Gasteiger charge is -2.36. The molecule has 1 aliphatic carbocycles. The van der Waals surface area contributed by atoms with E-state index < -0.39 is 6.09 Å².